The zero-order valence-electron chi connectivity index (χ0n) is 22.1. The van der Waals surface area contributed by atoms with E-state index in [1.165, 1.54) is 37.6 Å². The Morgan fingerprint density at radius 1 is 0.977 bits per heavy atom. The highest BCUT2D eigenvalue weighted by molar-refractivity contribution is 9.10. The molecule has 0 radical (unpaired) electrons. The van der Waals surface area contributed by atoms with Crippen LogP contribution in [0.5, 0.6) is 11.5 Å². The average molecular weight is 671 g/mol. The Bertz CT molecular complexity index is 1890. The van der Waals surface area contributed by atoms with E-state index in [4.69, 9.17) is 21.1 Å². The fourth-order valence-electron chi connectivity index (χ4n) is 4.33. The molecule has 0 bridgehead atoms. The molecule has 12 heteroatoms. The van der Waals surface area contributed by atoms with Crippen molar-refractivity contribution in [2.45, 2.75) is 6.18 Å². The van der Waals surface area contributed by atoms with Crippen LogP contribution in [-0.4, -0.2) is 30.2 Å². The molecule has 0 aliphatic heterocycles. The summed E-state index contributed by atoms with van der Waals surface area (Å²) in [6, 6.07) is 21.1. The van der Waals surface area contributed by atoms with Gasteiger partial charge in [0.25, 0.3) is 5.91 Å². The molecule has 7 nitrogen and oxygen atoms in total. The van der Waals surface area contributed by atoms with E-state index in [0.29, 0.717) is 27.8 Å². The summed E-state index contributed by atoms with van der Waals surface area (Å²) in [7, 11) is 1.34. The molecule has 0 atom stereocenters. The average Bonchev–Trinajstić information content (AvgIpc) is 3.36. The fraction of sp³-hybridized carbons (Fsp3) is 0.0645. The quantitative estimate of drug-likeness (QED) is 0.0790. The van der Waals surface area contributed by atoms with Gasteiger partial charge in [-0.25, -0.2) is 10.2 Å². The van der Waals surface area contributed by atoms with Gasteiger partial charge in [0.2, 0.25) is 0 Å². The number of nitrogens with one attached hydrogen (secondary N) is 2. The molecule has 0 saturated heterocycles. The third kappa shape index (κ3) is 6.58. The molecule has 0 fully saturated rings. The highest BCUT2D eigenvalue weighted by Crippen LogP contribution is 2.38. The molecule has 2 N–H and O–H groups in total. The molecule has 218 valence electrons. The summed E-state index contributed by atoms with van der Waals surface area (Å²) in [4.78, 5) is 28.9. The Morgan fingerprint density at radius 2 is 1.77 bits per heavy atom. The summed E-state index contributed by atoms with van der Waals surface area (Å²) in [5, 5.41) is 5.31. The van der Waals surface area contributed by atoms with Crippen LogP contribution in [0.2, 0.25) is 5.02 Å². The minimum atomic E-state index is -4.61. The number of halogens is 5. The third-order valence-corrected chi connectivity index (χ3v) is 7.15. The molecule has 0 unspecified atom stereocenters. The van der Waals surface area contributed by atoms with Crippen LogP contribution in [0.3, 0.4) is 0 Å². The van der Waals surface area contributed by atoms with Gasteiger partial charge in [0.05, 0.1) is 24.5 Å². The summed E-state index contributed by atoms with van der Waals surface area (Å²) in [6.07, 6.45) is -3.25. The zero-order valence-corrected chi connectivity index (χ0v) is 24.5. The maximum Gasteiger partial charge on any atom is 0.416 e. The van der Waals surface area contributed by atoms with Crippen molar-refractivity contribution in [3.8, 4) is 22.6 Å². The number of rotatable bonds is 7. The second kappa shape index (κ2) is 12.3. The molecule has 4 aromatic carbocycles. The molecule has 0 saturated carbocycles. The molecule has 1 aromatic heterocycles. The Kier molecular flexibility index (Phi) is 8.56. The lowest BCUT2D eigenvalue weighted by Crippen LogP contribution is -2.19. The van der Waals surface area contributed by atoms with Crippen molar-refractivity contribution in [3.05, 3.63) is 117 Å². The van der Waals surface area contributed by atoms with Gasteiger partial charge in [0.1, 0.15) is 5.69 Å². The molecule has 43 heavy (non-hydrogen) atoms. The van der Waals surface area contributed by atoms with Crippen LogP contribution in [-0.2, 0) is 6.18 Å². The highest BCUT2D eigenvalue weighted by Gasteiger charge is 2.31. The number of hydrogen-bond acceptors (Lipinski definition) is 5. The van der Waals surface area contributed by atoms with Crippen molar-refractivity contribution >= 4 is 56.5 Å². The summed E-state index contributed by atoms with van der Waals surface area (Å²) in [5.74, 6) is -1.40. The number of aromatic amines is 1. The van der Waals surface area contributed by atoms with Gasteiger partial charge in [-0.05, 0) is 66.2 Å². The Labute approximate surface area is 256 Å². The lowest BCUT2D eigenvalue weighted by molar-refractivity contribution is -0.137. The van der Waals surface area contributed by atoms with Crippen LogP contribution in [0, 0.1) is 0 Å². The number of amides is 1. The van der Waals surface area contributed by atoms with E-state index in [9.17, 15) is 22.8 Å². The van der Waals surface area contributed by atoms with Gasteiger partial charge in [-0.15, -0.1) is 0 Å². The maximum atomic E-state index is 13.3. The SMILES string of the molecule is COc1cc(C=NNC(=O)c2[nH]c3ccc(Br)cc3c2-c2ccccc2Cl)ccc1OC(=O)c1cccc(C(F)(F)F)c1. The topological polar surface area (TPSA) is 92.8 Å². The number of fused-ring (bicyclic) bond motifs is 1. The van der Waals surface area contributed by atoms with Crippen molar-refractivity contribution in [1.82, 2.24) is 10.4 Å². The van der Waals surface area contributed by atoms with E-state index in [1.807, 2.05) is 30.3 Å². The number of methoxy groups -OCH3 is 1. The van der Waals surface area contributed by atoms with Crippen molar-refractivity contribution in [2.24, 2.45) is 5.10 Å². The summed E-state index contributed by atoms with van der Waals surface area (Å²) in [6.45, 7) is 0. The first kappa shape index (κ1) is 29.9. The molecule has 1 amide bonds. The van der Waals surface area contributed by atoms with Crippen LogP contribution < -0.4 is 14.9 Å². The maximum absolute atomic E-state index is 13.3. The summed E-state index contributed by atoms with van der Waals surface area (Å²) >= 11 is 9.95. The number of aromatic nitrogens is 1. The van der Waals surface area contributed by atoms with Gasteiger partial charge in [0.15, 0.2) is 11.5 Å². The van der Waals surface area contributed by atoms with Crippen LogP contribution in [0.4, 0.5) is 13.2 Å². The predicted octanol–water partition coefficient (Wildman–Crippen LogP) is 8.26. The highest BCUT2D eigenvalue weighted by atomic mass is 79.9. The van der Waals surface area contributed by atoms with E-state index >= 15 is 0 Å². The summed E-state index contributed by atoms with van der Waals surface area (Å²) < 4.78 is 50.5. The lowest BCUT2D eigenvalue weighted by atomic mass is 10.0. The third-order valence-electron chi connectivity index (χ3n) is 6.33. The van der Waals surface area contributed by atoms with Crippen LogP contribution >= 0.6 is 27.5 Å². The normalized spacial score (nSPS) is 11.6. The van der Waals surface area contributed by atoms with Crippen molar-refractivity contribution in [2.75, 3.05) is 7.11 Å². The molecule has 0 aliphatic carbocycles. The van der Waals surface area contributed by atoms with Crippen LogP contribution in [0.15, 0.2) is 94.5 Å². The Morgan fingerprint density at radius 3 is 2.51 bits per heavy atom. The number of carbonyl (C=O) groups excluding carboxylic acids is 2. The number of benzene rings is 4. The number of alkyl halides is 3. The summed E-state index contributed by atoms with van der Waals surface area (Å²) in [5.41, 5.74) is 4.00. The van der Waals surface area contributed by atoms with E-state index in [2.05, 4.69) is 31.4 Å². The number of esters is 1. The van der Waals surface area contributed by atoms with Gasteiger partial charge >= 0.3 is 12.1 Å². The van der Waals surface area contributed by atoms with Crippen molar-refractivity contribution < 1.29 is 32.2 Å². The van der Waals surface area contributed by atoms with Crippen molar-refractivity contribution in [1.29, 1.82) is 0 Å². The van der Waals surface area contributed by atoms with Gasteiger partial charge < -0.3 is 14.5 Å². The first-order chi connectivity index (χ1) is 20.5. The molecule has 0 aliphatic rings. The lowest BCUT2D eigenvalue weighted by Gasteiger charge is -2.11. The van der Waals surface area contributed by atoms with Crippen LogP contribution in [0.25, 0.3) is 22.0 Å². The largest absolute Gasteiger partial charge is 0.493 e. The monoisotopic (exact) mass is 669 g/mol. The molecule has 5 aromatic rings. The molecule has 0 spiro atoms. The molecular weight excluding hydrogens is 651 g/mol. The van der Waals surface area contributed by atoms with E-state index in [1.54, 1.807) is 12.1 Å². The van der Waals surface area contributed by atoms with Gasteiger partial charge in [-0.2, -0.15) is 18.3 Å². The van der Waals surface area contributed by atoms with Gasteiger partial charge in [0, 0.05) is 31.5 Å². The van der Waals surface area contributed by atoms with Gasteiger partial charge in [-0.1, -0.05) is 51.8 Å². The minimum absolute atomic E-state index is 0.0142. The Balaban J connectivity index is 1.35. The second-order valence-corrected chi connectivity index (χ2v) is 10.4. The molecule has 1 heterocycles. The number of carbonyl (C=O) groups is 2. The number of hydrazone groups is 1. The fourth-order valence-corrected chi connectivity index (χ4v) is 4.92. The number of H-pyrrole nitrogens is 1. The predicted molar refractivity (Wildman–Crippen MR) is 161 cm³/mol. The molecule has 5 rings (SSSR count). The second-order valence-electron chi connectivity index (χ2n) is 9.12. The van der Waals surface area contributed by atoms with Crippen LogP contribution in [0.1, 0.15) is 32.0 Å². The van der Waals surface area contributed by atoms with E-state index in [0.717, 1.165) is 27.5 Å². The number of hydrogen-bond donors (Lipinski definition) is 2. The first-order valence-corrected chi connectivity index (χ1v) is 13.7. The number of nitrogens with zero attached hydrogens (tertiary/aromatic N) is 1. The van der Waals surface area contributed by atoms with Crippen molar-refractivity contribution in [3.63, 3.8) is 0 Å². The van der Waals surface area contributed by atoms with E-state index < -0.39 is 23.6 Å². The smallest absolute Gasteiger partial charge is 0.416 e. The molecular formula is C31H20BrClF3N3O4. The van der Waals surface area contributed by atoms with Gasteiger partial charge in [-0.3, -0.25) is 4.79 Å². The first-order valence-electron chi connectivity index (χ1n) is 12.5. The minimum Gasteiger partial charge on any atom is -0.493 e. The zero-order chi connectivity index (χ0) is 30.7. The number of ether oxygens (including phenoxy) is 2. The Hall–Kier alpha value is -4.61. The standard InChI is InChI=1S/C31H20BrClF3N3O4/c1-42-26-13-17(9-12-25(26)43-30(41)18-5-4-6-19(14-18)31(34,35)36)16-37-39-29(40)28-27(21-7-2-3-8-23(21)33)22-15-20(32)10-11-24(22)38-28/h2-16,38H,1H3,(H,39,40). The van der Waals surface area contributed by atoms with E-state index in [-0.39, 0.29) is 22.8 Å².